The summed E-state index contributed by atoms with van der Waals surface area (Å²) in [5.41, 5.74) is -1.53. The Morgan fingerprint density at radius 1 is 1.00 bits per heavy atom. The maximum atomic E-state index is 13.3. The van der Waals surface area contributed by atoms with Crippen LogP contribution in [-0.2, 0) is 0 Å². The van der Waals surface area contributed by atoms with Crippen LogP contribution in [0.1, 0.15) is 15.9 Å². The molecule has 0 fully saturated rings. The molecule has 2 nitrogen and oxygen atoms in total. The van der Waals surface area contributed by atoms with E-state index in [9.17, 15) is 22.4 Å². The monoisotopic (exact) mass is 255 g/mol. The van der Waals surface area contributed by atoms with E-state index in [1.165, 1.54) is 0 Å². The van der Waals surface area contributed by atoms with E-state index < -0.39 is 40.2 Å². The van der Waals surface area contributed by atoms with Crippen molar-refractivity contribution in [1.82, 2.24) is 4.98 Å². The minimum absolute atomic E-state index is 0.357. The number of nitrogens with zero attached hydrogens (tertiary/aromatic N) is 1. The van der Waals surface area contributed by atoms with Crippen LogP contribution in [0, 0.1) is 23.3 Å². The van der Waals surface area contributed by atoms with Crippen LogP contribution in [0.15, 0.2) is 30.6 Å². The first-order valence-electron chi connectivity index (χ1n) is 4.79. The molecule has 0 amide bonds. The lowest BCUT2D eigenvalue weighted by Gasteiger charge is -2.05. The quantitative estimate of drug-likeness (QED) is 0.610. The largest absolute Gasteiger partial charge is 0.288 e. The molecule has 0 spiro atoms. The van der Waals surface area contributed by atoms with Crippen LogP contribution in [0.3, 0.4) is 0 Å². The van der Waals surface area contributed by atoms with Crippen molar-refractivity contribution in [2.24, 2.45) is 0 Å². The minimum atomic E-state index is -1.38. The summed E-state index contributed by atoms with van der Waals surface area (Å²) in [6.45, 7) is 0. The van der Waals surface area contributed by atoms with Gasteiger partial charge in [-0.2, -0.15) is 0 Å². The molecule has 0 saturated carbocycles. The van der Waals surface area contributed by atoms with Gasteiger partial charge in [0, 0.05) is 18.3 Å². The zero-order chi connectivity index (χ0) is 13.3. The van der Waals surface area contributed by atoms with Gasteiger partial charge in [0.2, 0.25) is 5.78 Å². The summed E-state index contributed by atoms with van der Waals surface area (Å²) < 4.78 is 52.6. The van der Waals surface area contributed by atoms with E-state index in [2.05, 4.69) is 4.98 Å². The Kier molecular flexibility index (Phi) is 3.10. The third kappa shape index (κ3) is 2.09. The molecule has 2 rings (SSSR count). The lowest BCUT2D eigenvalue weighted by atomic mass is 10.0. The van der Waals surface area contributed by atoms with Gasteiger partial charge in [0.15, 0.2) is 5.82 Å². The molecule has 0 unspecified atom stereocenters. The fourth-order valence-electron chi connectivity index (χ4n) is 1.45. The number of carbonyl (C=O) groups is 1. The third-order valence-corrected chi connectivity index (χ3v) is 2.25. The van der Waals surface area contributed by atoms with Crippen LogP contribution < -0.4 is 0 Å². The average Bonchev–Trinajstić information content (AvgIpc) is 2.27. The zero-order valence-electron chi connectivity index (χ0n) is 8.75. The second-order valence-corrected chi connectivity index (χ2v) is 3.43. The lowest BCUT2D eigenvalue weighted by molar-refractivity contribution is 0.102. The van der Waals surface area contributed by atoms with Gasteiger partial charge >= 0.3 is 0 Å². The number of benzene rings is 1. The molecular weight excluding hydrogens is 250 g/mol. The number of hydrogen-bond acceptors (Lipinski definition) is 2. The topological polar surface area (TPSA) is 30.0 Å². The van der Waals surface area contributed by atoms with Crippen molar-refractivity contribution in [1.29, 1.82) is 0 Å². The van der Waals surface area contributed by atoms with E-state index in [1.807, 2.05) is 0 Å². The summed E-state index contributed by atoms with van der Waals surface area (Å²) >= 11 is 0. The molecule has 92 valence electrons. The van der Waals surface area contributed by atoms with E-state index in [0.717, 1.165) is 18.5 Å². The summed E-state index contributed by atoms with van der Waals surface area (Å²) in [6.07, 6.45) is 1.85. The molecule has 0 aliphatic heterocycles. The Bertz CT molecular complexity index is 604. The van der Waals surface area contributed by atoms with E-state index in [4.69, 9.17) is 0 Å². The van der Waals surface area contributed by atoms with Crippen LogP contribution in [0.4, 0.5) is 17.6 Å². The molecule has 0 saturated heterocycles. The molecule has 2 aromatic rings. The highest BCUT2D eigenvalue weighted by molar-refractivity contribution is 6.09. The maximum absolute atomic E-state index is 13.3. The Hall–Kier alpha value is -2.24. The molecule has 0 bridgehead atoms. The van der Waals surface area contributed by atoms with Crippen molar-refractivity contribution in [2.75, 3.05) is 0 Å². The van der Waals surface area contributed by atoms with Gasteiger partial charge in [0.05, 0.1) is 17.3 Å². The Labute approximate surface area is 98.9 Å². The second kappa shape index (κ2) is 4.56. The van der Waals surface area contributed by atoms with E-state index in [0.29, 0.717) is 12.1 Å². The molecule has 18 heavy (non-hydrogen) atoms. The van der Waals surface area contributed by atoms with Gasteiger partial charge in [-0.15, -0.1) is 0 Å². The number of pyridine rings is 1. The second-order valence-electron chi connectivity index (χ2n) is 3.43. The number of carbonyl (C=O) groups excluding carboxylic acids is 1. The highest BCUT2D eigenvalue weighted by atomic mass is 19.1. The van der Waals surface area contributed by atoms with Gasteiger partial charge < -0.3 is 0 Å². The molecule has 1 heterocycles. The van der Waals surface area contributed by atoms with Crippen LogP contribution >= 0.6 is 0 Å². The van der Waals surface area contributed by atoms with Crippen LogP contribution in [-0.4, -0.2) is 10.8 Å². The molecular formula is C12H5F4NO. The highest BCUT2D eigenvalue weighted by Gasteiger charge is 2.22. The van der Waals surface area contributed by atoms with Crippen molar-refractivity contribution >= 4 is 5.78 Å². The Balaban J connectivity index is 2.57. The van der Waals surface area contributed by atoms with Gasteiger partial charge in [-0.25, -0.2) is 17.6 Å². The molecule has 0 radical (unpaired) electrons. The van der Waals surface area contributed by atoms with Crippen molar-refractivity contribution in [3.63, 3.8) is 0 Å². The molecule has 1 aromatic carbocycles. The van der Waals surface area contributed by atoms with Gasteiger partial charge in [-0.3, -0.25) is 9.78 Å². The number of aromatic nitrogens is 1. The maximum Gasteiger partial charge on any atom is 0.202 e. The fourth-order valence-corrected chi connectivity index (χ4v) is 1.45. The van der Waals surface area contributed by atoms with Crippen LogP contribution in [0.25, 0.3) is 0 Å². The number of hydrogen-bond donors (Lipinski definition) is 0. The summed E-state index contributed by atoms with van der Waals surface area (Å²) in [5, 5.41) is 0. The molecule has 0 N–H and O–H groups in total. The molecule has 1 aromatic heterocycles. The average molecular weight is 255 g/mol. The van der Waals surface area contributed by atoms with E-state index >= 15 is 0 Å². The first-order chi connectivity index (χ1) is 8.50. The summed E-state index contributed by atoms with van der Waals surface area (Å²) in [6, 6.07) is 1.70. The highest BCUT2D eigenvalue weighted by Crippen LogP contribution is 2.19. The SMILES string of the molecule is O=C(c1ccncc1F)c1c(F)cc(F)cc1F. The first kappa shape index (κ1) is 12.2. The Morgan fingerprint density at radius 2 is 1.61 bits per heavy atom. The van der Waals surface area contributed by atoms with E-state index in [1.54, 1.807) is 0 Å². The summed E-state index contributed by atoms with van der Waals surface area (Å²) in [5.74, 6) is -6.13. The summed E-state index contributed by atoms with van der Waals surface area (Å²) in [4.78, 5) is 15.2. The van der Waals surface area contributed by atoms with Crippen molar-refractivity contribution in [2.45, 2.75) is 0 Å². The van der Waals surface area contributed by atoms with Gasteiger partial charge in [-0.05, 0) is 6.07 Å². The van der Waals surface area contributed by atoms with Crippen molar-refractivity contribution < 1.29 is 22.4 Å². The zero-order valence-corrected chi connectivity index (χ0v) is 8.75. The minimum Gasteiger partial charge on any atom is -0.288 e. The van der Waals surface area contributed by atoms with Crippen molar-refractivity contribution in [3.8, 4) is 0 Å². The summed E-state index contributed by atoms with van der Waals surface area (Å²) in [7, 11) is 0. The molecule has 0 aliphatic rings. The molecule has 0 atom stereocenters. The third-order valence-electron chi connectivity index (χ3n) is 2.25. The number of ketones is 1. The predicted molar refractivity (Wildman–Crippen MR) is 53.9 cm³/mol. The Morgan fingerprint density at radius 3 is 2.17 bits per heavy atom. The van der Waals surface area contributed by atoms with Crippen LogP contribution in [0.2, 0.25) is 0 Å². The molecule has 0 aliphatic carbocycles. The van der Waals surface area contributed by atoms with Crippen molar-refractivity contribution in [3.05, 3.63) is 65.0 Å². The number of rotatable bonds is 2. The van der Waals surface area contributed by atoms with E-state index in [-0.39, 0.29) is 0 Å². The van der Waals surface area contributed by atoms with Gasteiger partial charge in [0.1, 0.15) is 17.5 Å². The van der Waals surface area contributed by atoms with Gasteiger partial charge in [-0.1, -0.05) is 0 Å². The lowest BCUT2D eigenvalue weighted by Crippen LogP contribution is -2.10. The molecule has 6 heteroatoms. The first-order valence-corrected chi connectivity index (χ1v) is 4.79. The fraction of sp³-hybridized carbons (Fsp3) is 0. The standard InChI is InChI=1S/C12H5F4NO/c13-6-3-8(14)11(9(15)4-6)12(18)7-1-2-17-5-10(7)16/h1-5H. The van der Waals surface area contributed by atoms with Crippen LogP contribution in [0.5, 0.6) is 0 Å². The number of halogens is 4. The predicted octanol–water partition coefficient (Wildman–Crippen LogP) is 2.87. The smallest absolute Gasteiger partial charge is 0.202 e. The van der Waals surface area contributed by atoms with Gasteiger partial charge in [0.25, 0.3) is 0 Å². The normalized spacial score (nSPS) is 10.4.